The minimum Gasteiger partial charge on any atom is -0.338 e. The van der Waals surface area contributed by atoms with Gasteiger partial charge in [-0.2, -0.15) is 13.2 Å². The third kappa shape index (κ3) is 11.0. The summed E-state index contributed by atoms with van der Waals surface area (Å²) in [7, 11) is 0. The molecule has 0 aliphatic rings. The standard InChI is InChI=1S/C9H17F3N2O/c1-2-3-4-5-6-13-8(15)14-7-9(10,11)12/h2-7H2,1H3,(H2,13,14,15). The van der Waals surface area contributed by atoms with Crippen LogP contribution in [-0.2, 0) is 0 Å². The van der Waals surface area contributed by atoms with Gasteiger partial charge in [0.2, 0.25) is 0 Å². The summed E-state index contributed by atoms with van der Waals surface area (Å²) in [5.41, 5.74) is 0. The molecule has 0 aromatic rings. The molecule has 3 nitrogen and oxygen atoms in total. The fourth-order valence-corrected chi connectivity index (χ4v) is 0.997. The lowest BCUT2D eigenvalue weighted by molar-refractivity contribution is -0.122. The van der Waals surface area contributed by atoms with Gasteiger partial charge in [-0.25, -0.2) is 4.79 Å². The molecule has 0 fully saturated rings. The van der Waals surface area contributed by atoms with Gasteiger partial charge in [-0.05, 0) is 6.42 Å². The van der Waals surface area contributed by atoms with Crippen molar-refractivity contribution in [3.05, 3.63) is 0 Å². The Morgan fingerprint density at radius 1 is 1.13 bits per heavy atom. The van der Waals surface area contributed by atoms with E-state index in [1.807, 2.05) is 0 Å². The van der Waals surface area contributed by atoms with Gasteiger partial charge in [-0.15, -0.1) is 0 Å². The molecule has 0 heterocycles. The topological polar surface area (TPSA) is 41.1 Å². The molecular weight excluding hydrogens is 209 g/mol. The van der Waals surface area contributed by atoms with Gasteiger partial charge in [0.1, 0.15) is 6.54 Å². The number of alkyl halides is 3. The molecule has 0 aliphatic carbocycles. The van der Waals surface area contributed by atoms with Crippen LogP contribution in [-0.4, -0.2) is 25.3 Å². The summed E-state index contributed by atoms with van der Waals surface area (Å²) >= 11 is 0. The average molecular weight is 226 g/mol. The number of urea groups is 1. The first-order valence-electron chi connectivity index (χ1n) is 5.04. The molecule has 0 radical (unpaired) electrons. The normalized spacial score (nSPS) is 11.2. The first-order valence-corrected chi connectivity index (χ1v) is 5.04. The molecule has 0 aromatic heterocycles. The number of halogens is 3. The Hall–Kier alpha value is -0.940. The highest BCUT2D eigenvalue weighted by Gasteiger charge is 2.27. The van der Waals surface area contributed by atoms with Gasteiger partial charge in [0.05, 0.1) is 0 Å². The van der Waals surface area contributed by atoms with E-state index in [0.29, 0.717) is 6.54 Å². The minimum absolute atomic E-state index is 0.420. The van der Waals surface area contributed by atoms with Crippen LogP contribution in [0.4, 0.5) is 18.0 Å². The van der Waals surface area contributed by atoms with E-state index in [4.69, 9.17) is 0 Å². The van der Waals surface area contributed by atoms with Crippen LogP contribution in [0.25, 0.3) is 0 Å². The Balaban J connectivity index is 3.34. The number of rotatable bonds is 6. The third-order valence-electron chi connectivity index (χ3n) is 1.77. The number of carbonyl (C=O) groups excluding carboxylic acids is 1. The molecule has 0 spiro atoms. The van der Waals surface area contributed by atoms with Crippen LogP contribution in [0.1, 0.15) is 32.6 Å². The summed E-state index contributed by atoms with van der Waals surface area (Å²) in [6.45, 7) is 1.20. The first kappa shape index (κ1) is 14.1. The van der Waals surface area contributed by atoms with Gasteiger partial charge in [-0.3, -0.25) is 0 Å². The highest BCUT2D eigenvalue weighted by molar-refractivity contribution is 5.73. The fourth-order valence-electron chi connectivity index (χ4n) is 0.997. The van der Waals surface area contributed by atoms with Crippen molar-refractivity contribution in [1.82, 2.24) is 10.6 Å². The Bertz CT molecular complexity index is 183. The van der Waals surface area contributed by atoms with Crippen molar-refractivity contribution >= 4 is 6.03 Å². The Labute approximate surface area is 87.4 Å². The highest BCUT2D eigenvalue weighted by atomic mass is 19.4. The minimum atomic E-state index is -4.35. The van der Waals surface area contributed by atoms with E-state index in [2.05, 4.69) is 12.2 Å². The van der Waals surface area contributed by atoms with Gasteiger partial charge < -0.3 is 10.6 Å². The third-order valence-corrected chi connectivity index (χ3v) is 1.77. The number of carbonyl (C=O) groups is 1. The lowest BCUT2D eigenvalue weighted by Crippen LogP contribution is -2.41. The van der Waals surface area contributed by atoms with E-state index in [1.165, 1.54) is 0 Å². The number of nitrogens with one attached hydrogen (secondary N) is 2. The second-order valence-electron chi connectivity index (χ2n) is 3.29. The van der Waals surface area contributed by atoms with E-state index in [1.54, 1.807) is 5.32 Å². The maximum atomic E-state index is 11.7. The smallest absolute Gasteiger partial charge is 0.338 e. The summed E-state index contributed by atoms with van der Waals surface area (Å²) in [5, 5.41) is 4.10. The highest BCUT2D eigenvalue weighted by Crippen LogP contribution is 2.11. The van der Waals surface area contributed by atoms with Gasteiger partial charge >= 0.3 is 12.2 Å². The SMILES string of the molecule is CCCCCCNC(=O)NCC(F)(F)F. The molecule has 0 unspecified atom stereocenters. The quantitative estimate of drug-likeness (QED) is 0.671. The van der Waals surface area contributed by atoms with Crippen molar-refractivity contribution in [1.29, 1.82) is 0 Å². The van der Waals surface area contributed by atoms with E-state index in [9.17, 15) is 18.0 Å². The van der Waals surface area contributed by atoms with Crippen LogP contribution in [0.5, 0.6) is 0 Å². The van der Waals surface area contributed by atoms with E-state index >= 15 is 0 Å². The second kappa shape index (κ2) is 7.36. The van der Waals surface area contributed by atoms with E-state index in [-0.39, 0.29) is 0 Å². The van der Waals surface area contributed by atoms with Crippen LogP contribution in [0, 0.1) is 0 Å². The molecule has 0 saturated heterocycles. The average Bonchev–Trinajstić information content (AvgIpc) is 2.13. The number of amides is 2. The van der Waals surface area contributed by atoms with Crippen molar-refractivity contribution in [3.8, 4) is 0 Å². The maximum Gasteiger partial charge on any atom is 0.405 e. The van der Waals surface area contributed by atoms with Crippen molar-refractivity contribution in [2.24, 2.45) is 0 Å². The van der Waals surface area contributed by atoms with Gasteiger partial charge in [0, 0.05) is 6.54 Å². The molecule has 15 heavy (non-hydrogen) atoms. The lowest BCUT2D eigenvalue weighted by atomic mass is 10.2. The predicted octanol–water partition coefficient (Wildman–Crippen LogP) is 2.43. The summed E-state index contributed by atoms with van der Waals surface area (Å²) in [5.74, 6) is 0. The summed E-state index contributed by atoms with van der Waals surface area (Å²) in [6, 6.07) is -0.760. The van der Waals surface area contributed by atoms with Crippen molar-refractivity contribution < 1.29 is 18.0 Å². The van der Waals surface area contributed by atoms with Crippen LogP contribution in [0.3, 0.4) is 0 Å². The molecule has 0 saturated carbocycles. The van der Waals surface area contributed by atoms with Crippen molar-refractivity contribution in [3.63, 3.8) is 0 Å². The van der Waals surface area contributed by atoms with Crippen LogP contribution < -0.4 is 10.6 Å². The molecule has 0 aliphatic heterocycles. The van der Waals surface area contributed by atoms with Crippen LogP contribution in [0.15, 0.2) is 0 Å². The molecule has 2 N–H and O–H groups in total. The zero-order valence-corrected chi connectivity index (χ0v) is 8.78. The van der Waals surface area contributed by atoms with Gasteiger partial charge in [0.15, 0.2) is 0 Å². The molecule has 0 bridgehead atoms. The summed E-state index contributed by atoms with van der Waals surface area (Å²) in [4.78, 5) is 10.8. The molecule has 2 amide bonds. The summed E-state index contributed by atoms with van der Waals surface area (Å²) in [6.07, 6.45) is -0.408. The largest absolute Gasteiger partial charge is 0.405 e. The van der Waals surface area contributed by atoms with E-state index < -0.39 is 18.8 Å². The molecule has 0 rings (SSSR count). The second-order valence-corrected chi connectivity index (χ2v) is 3.29. The van der Waals surface area contributed by atoms with Crippen LogP contribution in [0.2, 0.25) is 0 Å². The zero-order chi connectivity index (χ0) is 11.7. The first-order chi connectivity index (χ1) is 6.95. The van der Waals surface area contributed by atoms with Crippen LogP contribution >= 0.6 is 0 Å². The molecule has 0 atom stereocenters. The monoisotopic (exact) mass is 226 g/mol. The number of hydrogen-bond donors (Lipinski definition) is 2. The number of hydrogen-bond acceptors (Lipinski definition) is 1. The molecule has 6 heteroatoms. The molecular formula is C9H17F3N2O. The Morgan fingerprint density at radius 3 is 2.33 bits per heavy atom. The fraction of sp³-hybridized carbons (Fsp3) is 0.889. The summed E-state index contributed by atoms with van der Waals surface area (Å²) < 4.78 is 35.0. The van der Waals surface area contributed by atoms with Crippen molar-refractivity contribution in [2.45, 2.75) is 38.8 Å². The maximum absolute atomic E-state index is 11.7. The Kier molecular flexibility index (Phi) is 6.90. The van der Waals surface area contributed by atoms with E-state index in [0.717, 1.165) is 25.7 Å². The van der Waals surface area contributed by atoms with Gasteiger partial charge in [-0.1, -0.05) is 26.2 Å². The van der Waals surface area contributed by atoms with Crippen molar-refractivity contribution in [2.75, 3.05) is 13.1 Å². The molecule has 90 valence electrons. The van der Waals surface area contributed by atoms with Gasteiger partial charge in [0.25, 0.3) is 0 Å². The molecule has 0 aromatic carbocycles. The number of unbranched alkanes of at least 4 members (excludes halogenated alkanes) is 3. The zero-order valence-electron chi connectivity index (χ0n) is 8.78. The Morgan fingerprint density at radius 2 is 1.80 bits per heavy atom. The predicted molar refractivity (Wildman–Crippen MR) is 51.6 cm³/mol. The lowest BCUT2D eigenvalue weighted by Gasteiger charge is -2.09.